The fourth-order valence-corrected chi connectivity index (χ4v) is 7.42. The Labute approximate surface area is 307 Å². The Hall–Kier alpha value is -7.17. The zero-order valence-corrected chi connectivity index (χ0v) is 28.8. The SMILES string of the molecule is c1ccc(-c2cc(-c3ccccc3)cc(-c3nc(-c4cccc(-c5ccc6ccccc6c5)c4)nc(-n4c5ccccc5c5ccccc54)n3)c2)cc1. The molecule has 0 unspecified atom stereocenters. The summed E-state index contributed by atoms with van der Waals surface area (Å²) in [5, 5.41) is 4.74. The molecule has 248 valence electrons. The number of rotatable bonds is 6. The predicted molar refractivity (Wildman–Crippen MR) is 219 cm³/mol. The molecule has 0 atom stereocenters. The third-order valence-electron chi connectivity index (χ3n) is 10.0. The van der Waals surface area contributed by atoms with Gasteiger partial charge < -0.3 is 0 Å². The number of benzene rings is 8. The van der Waals surface area contributed by atoms with Crippen LogP contribution in [0, 0.1) is 0 Å². The molecule has 0 radical (unpaired) electrons. The monoisotopic (exact) mass is 676 g/mol. The van der Waals surface area contributed by atoms with Gasteiger partial charge in [-0.3, -0.25) is 4.57 Å². The minimum Gasteiger partial charge on any atom is -0.278 e. The molecule has 2 aromatic heterocycles. The molecule has 0 fully saturated rings. The molecule has 10 rings (SSSR count). The topological polar surface area (TPSA) is 43.6 Å². The van der Waals surface area contributed by atoms with Crippen LogP contribution in [0.25, 0.3) is 94.7 Å². The van der Waals surface area contributed by atoms with Crippen molar-refractivity contribution >= 4 is 32.6 Å². The Morgan fingerprint density at radius 2 is 0.755 bits per heavy atom. The highest BCUT2D eigenvalue weighted by Gasteiger charge is 2.19. The van der Waals surface area contributed by atoms with Crippen molar-refractivity contribution in [2.24, 2.45) is 0 Å². The first-order valence-corrected chi connectivity index (χ1v) is 17.9. The van der Waals surface area contributed by atoms with E-state index in [1.807, 2.05) is 12.1 Å². The molecule has 53 heavy (non-hydrogen) atoms. The van der Waals surface area contributed by atoms with Crippen molar-refractivity contribution in [2.45, 2.75) is 0 Å². The number of para-hydroxylation sites is 2. The first-order valence-electron chi connectivity index (χ1n) is 17.9. The van der Waals surface area contributed by atoms with Crippen LogP contribution >= 0.6 is 0 Å². The van der Waals surface area contributed by atoms with Gasteiger partial charge in [0.25, 0.3) is 0 Å². The number of aromatic nitrogens is 4. The Morgan fingerprint density at radius 1 is 0.283 bits per heavy atom. The second-order valence-electron chi connectivity index (χ2n) is 13.3. The summed E-state index contributed by atoms with van der Waals surface area (Å²) in [6.07, 6.45) is 0. The van der Waals surface area contributed by atoms with Gasteiger partial charge in [-0.2, -0.15) is 9.97 Å². The predicted octanol–water partition coefficient (Wildman–Crippen LogP) is 12.5. The lowest BCUT2D eigenvalue weighted by atomic mass is 9.96. The van der Waals surface area contributed by atoms with E-state index in [1.54, 1.807) is 0 Å². The van der Waals surface area contributed by atoms with Crippen LogP contribution in [0.5, 0.6) is 0 Å². The molecule has 0 bridgehead atoms. The third-order valence-corrected chi connectivity index (χ3v) is 10.0. The Balaban J connectivity index is 1.22. The summed E-state index contributed by atoms with van der Waals surface area (Å²) in [4.78, 5) is 15.8. The molecule has 0 spiro atoms. The quantitative estimate of drug-likeness (QED) is 0.176. The Morgan fingerprint density at radius 3 is 1.42 bits per heavy atom. The molecule has 0 amide bonds. The van der Waals surface area contributed by atoms with E-state index in [0.717, 1.165) is 66.3 Å². The van der Waals surface area contributed by atoms with Crippen molar-refractivity contribution < 1.29 is 0 Å². The minimum atomic E-state index is 0.574. The van der Waals surface area contributed by atoms with Crippen molar-refractivity contribution in [1.29, 1.82) is 0 Å². The largest absolute Gasteiger partial charge is 0.278 e. The molecule has 8 aromatic carbocycles. The summed E-state index contributed by atoms with van der Waals surface area (Å²) in [6, 6.07) is 68.2. The molecule has 0 aliphatic rings. The van der Waals surface area contributed by atoms with Crippen LogP contribution < -0.4 is 0 Å². The maximum Gasteiger partial charge on any atom is 0.238 e. The van der Waals surface area contributed by atoms with E-state index in [-0.39, 0.29) is 0 Å². The van der Waals surface area contributed by atoms with Crippen molar-refractivity contribution in [3.8, 4) is 62.1 Å². The fourth-order valence-electron chi connectivity index (χ4n) is 7.42. The van der Waals surface area contributed by atoms with E-state index in [9.17, 15) is 0 Å². The van der Waals surface area contributed by atoms with Gasteiger partial charge in [-0.15, -0.1) is 0 Å². The third kappa shape index (κ3) is 5.63. The highest BCUT2D eigenvalue weighted by Crippen LogP contribution is 2.36. The van der Waals surface area contributed by atoms with Crippen molar-refractivity contribution in [1.82, 2.24) is 19.5 Å². The van der Waals surface area contributed by atoms with Crippen LogP contribution in [-0.2, 0) is 0 Å². The van der Waals surface area contributed by atoms with Gasteiger partial charge in [-0.05, 0) is 86.6 Å². The highest BCUT2D eigenvalue weighted by molar-refractivity contribution is 6.09. The lowest BCUT2D eigenvalue weighted by molar-refractivity contribution is 0.953. The molecule has 0 saturated carbocycles. The zero-order valence-electron chi connectivity index (χ0n) is 28.8. The zero-order chi connectivity index (χ0) is 35.1. The number of hydrogen-bond acceptors (Lipinski definition) is 3. The first kappa shape index (κ1) is 30.6. The van der Waals surface area contributed by atoms with Crippen LogP contribution in [0.2, 0.25) is 0 Å². The molecule has 4 heteroatoms. The van der Waals surface area contributed by atoms with Crippen LogP contribution in [0.3, 0.4) is 0 Å². The molecule has 4 nitrogen and oxygen atoms in total. The summed E-state index contributed by atoms with van der Waals surface area (Å²) in [7, 11) is 0. The van der Waals surface area contributed by atoms with E-state index >= 15 is 0 Å². The van der Waals surface area contributed by atoms with Crippen molar-refractivity contribution in [3.05, 3.63) is 194 Å². The molecular weight excluding hydrogens is 645 g/mol. The molecular formula is C49H32N4. The van der Waals surface area contributed by atoms with Crippen LogP contribution in [-0.4, -0.2) is 19.5 Å². The standard InChI is InChI=1S/C49H32N4/c1-3-14-33(15-4-1)40-30-41(34-16-5-2-6-17-34)32-42(31-40)48-50-47(39-21-13-20-37(29-39)38-27-26-35-18-7-8-19-36(35)28-38)51-49(52-48)53-45-24-11-9-22-43(45)44-23-10-12-25-46(44)53/h1-32H. The van der Waals surface area contributed by atoms with Gasteiger partial charge in [0.2, 0.25) is 5.95 Å². The average Bonchev–Trinajstić information content (AvgIpc) is 3.58. The van der Waals surface area contributed by atoms with Crippen LogP contribution in [0.15, 0.2) is 194 Å². The molecule has 10 aromatic rings. The van der Waals surface area contributed by atoms with Gasteiger partial charge in [-0.1, -0.05) is 152 Å². The lowest BCUT2D eigenvalue weighted by Gasteiger charge is -2.14. The van der Waals surface area contributed by atoms with Crippen LogP contribution in [0.1, 0.15) is 0 Å². The maximum atomic E-state index is 5.30. The molecule has 0 N–H and O–H groups in total. The summed E-state index contributed by atoms with van der Waals surface area (Å²) < 4.78 is 2.17. The molecule has 0 aliphatic heterocycles. The van der Waals surface area contributed by atoms with E-state index in [2.05, 4.69) is 187 Å². The maximum absolute atomic E-state index is 5.30. The van der Waals surface area contributed by atoms with E-state index in [1.165, 1.54) is 10.8 Å². The molecule has 0 saturated heterocycles. The smallest absolute Gasteiger partial charge is 0.238 e. The van der Waals surface area contributed by atoms with Crippen molar-refractivity contribution in [3.63, 3.8) is 0 Å². The molecule has 2 heterocycles. The van der Waals surface area contributed by atoms with Gasteiger partial charge in [0.15, 0.2) is 11.6 Å². The van der Waals surface area contributed by atoms with Crippen LogP contribution in [0.4, 0.5) is 0 Å². The number of hydrogen-bond donors (Lipinski definition) is 0. The lowest BCUT2D eigenvalue weighted by Crippen LogP contribution is -2.06. The normalized spacial score (nSPS) is 11.4. The number of nitrogens with zero attached hydrogens (tertiary/aromatic N) is 4. The average molecular weight is 677 g/mol. The number of fused-ring (bicyclic) bond motifs is 4. The van der Waals surface area contributed by atoms with E-state index in [0.29, 0.717) is 17.6 Å². The van der Waals surface area contributed by atoms with Gasteiger partial charge in [0, 0.05) is 21.9 Å². The Kier molecular flexibility index (Phi) is 7.43. The Bertz CT molecular complexity index is 2840. The fraction of sp³-hybridized carbons (Fsp3) is 0. The minimum absolute atomic E-state index is 0.574. The van der Waals surface area contributed by atoms with E-state index < -0.39 is 0 Å². The second kappa shape index (κ2) is 12.9. The highest BCUT2D eigenvalue weighted by atomic mass is 15.2. The van der Waals surface area contributed by atoms with Gasteiger partial charge in [0.05, 0.1) is 11.0 Å². The van der Waals surface area contributed by atoms with E-state index in [4.69, 9.17) is 15.0 Å². The first-order chi connectivity index (χ1) is 26.2. The van der Waals surface area contributed by atoms with Gasteiger partial charge in [0.1, 0.15) is 0 Å². The summed E-state index contributed by atoms with van der Waals surface area (Å²) in [5.41, 5.74) is 10.6. The van der Waals surface area contributed by atoms with Crippen molar-refractivity contribution in [2.75, 3.05) is 0 Å². The molecule has 0 aliphatic carbocycles. The van der Waals surface area contributed by atoms with Gasteiger partial charge in [-0.25, -0.2) is 4.98 Å². The summed E-state index contributed by atoms with van der Waals surface area (Å²) in [5.74, 6) is 1.80. The summed E-state index contributed by atoms with van der Waals surface area (Å²) in [6.45, 7) is 0. The second-order valence-corrected chi connectivity index (χ2v) is 13.3. The van der Waals surface area contributed by atoms with Gasteiger partial charge >= 0.3 is 0 Å². The summed E-state index contributed by atoms with van der Waals surface area (Å²) >= 11 is 0.